The van der Waals surface area contributed by atoms with Gasteiger partial charge >= 0.3 is 11.9 Å². The second kappa shape index (κ2) is 7.97. The monoisotopic (exact) mass is 350 g/mol. The summed E-state index contributed by atoms with van der Waals surface area (Å²) in [6.45, 7) is 2.38. The summed E-state index contributed by atoms with van der Waals surface area (Å²) in [5.74, 6) is -0.875. The molecule has 24 heavy (non-hydrogen) atoms. The summed E-state index contributed by atoms with van der Waals surface area (Å²) in [4.78, 5) is 27.2. The number of esters is 1. The molecule has 2 aromatic rings. The Bertz CT molecular complexity index is 738. The van der Waals surface area contributed by atoms with Crippen molar-refractivity contribution in [3.05, 3.63) is 52.1 Å². The van der Waals surface area contributed by atoms with E-state index in [0.29, 0.717) is 24.4 Å². The molecule has 0 aliphatic heterocycles. The van der Waals surface area contributed by atoms with Gasteiger partial charge < -0.3 is 14.4 Å². The minimum absolute atomic E-state index is 0.000200. The fraction of sp³-hybridized carbons (Fsp3) is 0.353. The molecule has 0 radical (unpaired) electrons. The van der Waals surface area contributed by atoms with Gasteiger partial charge in [0.2, 0.25) is 0 Å². The van der Waals surface area contributed by atoms with Crippen LogP contribution in [0.1, 0.15) is 52.0 Å². The molecule has 7 heteroatoms. The molecular formula is C17H19ClN2O4. The summed E-state index contributed by atoms with van der Waals surface area (Å²) in [7, 11) is 1.32. The molecule has 0 bridgehead atoms. The summed E-state index contributed by atoms with van der Waals surface area (Å²) in [5.41, 5.74) is 1.27. The highest BCUT2D eigenvalue weighted by molar-refractivity contribution is 6.32. The van der Waals surface area contributed by atoms with E-state index in [0.717, 1.165) is 18.4 Å². The molecule has 1 N–H and O–H groups in total. The molecule has 6 nitrogen and oxygen atoms in total. The number of halogens is 1. The maximum absolute atomic E-state index is 11.5. The molecule has 0 unspecified atom stereocenters. The van der Waals surface area contributed by atoms with Gasteiger partial charge in [0.1, 0.15) is 5.82 Å². The summed E-state index contributed by atoms with van der Waals surface area (Å²) < 4.78 is 6.28. The third-order valence-electron chi connectivity index (χ3n) is 3.68. The van der Waals surface area contributed by atoms with E-state index >= 15 is 0 Å². The lowest BCUT2D eigenvalue weighted by atomic mass is 10.1. The predicted octanol–water partition coefficient (Wildman–Crippen LogP) is 3.41. The van der Waals surface area contributed by atoms with E-state index in [1.165, 1.54) is 7.11 Å². The molecule has 128 valence electrons. The summed E-state index contributed by atoms with van der Waals surface area (Å²) in [6.07, 6.45) is 2.53. The average Bonchev–Trinajstić information content (AvgIpc) is 2.88. The minimum Gasteiger partial charge on any atom is -0.476 e. The Labute approximate surface area is 145 Å². The van der Waals surface area contributed by atoms with Crippen LogP contribution in [0.25, 0.3) is 0 Å². The second-order valence-electron chi connectivity index (χ2n) is 5.35. The van der Waals surface area contributed by atoms with Gasteiger partial charge in [0.15, 0.2) is 10.8 Å². The number of benzene rings is 1. The molecule has 1 aromatic heterocycles. The van der Waals surface area contributed by atoms with Gasteiger partial charge in [0.25, 0.3) is 0 Å². The molecule has 0 fully saturated rings. The Balaban J connectivity index is 2.33. The number of ether oxygens (including phenoxy) is 1. The molecule has 0 spiro atoms. The molecule has 0 aliphatic carbocycles. The first-order valence-corrected chi connectivity index (χ1v) is 8.01. The minimum atomic E-state index is -1.11. The van der Waals surface area contributed by atoms with Crippen molar-refractivity contribution in [2.75, 3.05) is 7.11 Å². The van der Waals surface area contributed by atoms with Crippen LogP contribution in [-0.2, 0) is 17.7 Å². The lowest BCUT2D eigenvalue weighted by molar-refractivity contribution is 0.0599. The summed E-state index contributed by atoms with van der Waals surface area (Å²) in [5, 5.41) is 9.41. The van der Waals surface area contributed by atoms with Crippen molar-refractivity contribution < 1.29 is 19.4 Å². The summed E-state index contributed by atoms with van der Waals surface area (Å²) in [6, 6.07) is 6.81. The van der Waals surface area contributed by atoms with Crippen molar-refractivity contribution in [1.82, 2.24) is 9.55 Å². The number of imidazole rings is 1. The molecule has 2 rings (SSSR count). The van der Waals surface area contributed by atoms with Crippen molar-refractivity contribution in [2.24, 2.45) is 0 Å². The molecule has 0 saturated carbocycles. The summed E-state index contributed by atoms with van der Waals surface area (Å²) >= 11 is 6.00. The number of unbranched alkanes of at least 4 members (excludes halogenated alkanes) is 1. The van der Waals surface area contributed by atoms with E-state index in [4.69, 9.17) is 11.6 Å². The number of carboxylic acid groups (broad SMARTS) is 1. The van der Waals surface area contributed by atoms with Crippen molar-refractivity contribution in [2.45, 2.75) is 32.7 Å². The zero-order valence-corrected chi connectivity index (χ0v) is 14.3. The number of nitrogens with zero attached hydrogens (tertiary/aromatic N) is 2. The number of hydrogen-bond donors (Lipinski definition) is 1. The zero-order chi connectivity index (χ0) is 17.7. The van der Waals surface area contributed by atoms with Crippen LogP contribution in [0.5, 0.6) is 0 Å². The smallest absolute Gasteiger partial charge is 0.355 e. The number of carbonyl (C=O) groups excluding carboxylic acids is 1. The third-order valence-corrected chi connectivity index (χ3v) is 3.94. The standard InChI is InChI=1S/C17H19ClN2O4/c1-3-4-5-13-19-15(18)14(16(21)22)20(13)10-11-6-8-12(9-7-11)17(23)24-2/h6-9H,3-5,10H2,1-2H3,(H,21,22). The lowest BCUT2D eigenvalue weighted by Crippen LogP contribution is -2.13. The van der Waals surface area contributed by atoms with Gasteiger partial charge in [-0.15, -0.1) is 0 Å². The number of carboxylic acids is 1. The lowest BCUT2D eigenvalue weighted by Gasteiger charge is -2.10. The number of hydrogen-bond acceptors (Lipinski definition) is 4. The Morgan fingerprint density at radius 2 is 1.96 bits per heavy atom. The van der Waals surface area contributed by atoms with Gasteiger partial charge in [0, 0.05) is 13.0 Å². The van der Waals surface area contributed by atoms with E-state index < -0.39 is 11.9 Å². The van der Waals surface area contributed by atoms with Gasteiger partial charge in [-0.05, 0) is 24.1 Å². The number of aromatic nitrogens is 2. The molecule has 1 heterocycles. The molecular weight excluding hydrogens is 332 g/mol. The van der Waals surface area contributed by atoms with E-state index in [-0.39, 0.29) is 10.8 Å². The van der Waals surface area contributed by atoms with Crippen LogP contribution < -0.4 is 0 Å². The predicted molar refractivity (Wildman–Crippen MR) is 89.7 cm³/mol. The van der Waals surface area contributed by atoms with Gasteiger partial charge in [-0.25, -0.2) is 14.6 Å². The molecule has 0 amide bonds. The number of aryl methyl sites for hydroxylation is 1. The first-order chi connectivity index (χ1) is 11.5. The number of carbonyl (C=O) groups is 2. The Morgan fingerprint density at radius 1 is 1.29 bits per heavy atom. The van der Waals surface area contributed by atoms with E-state index in [1.54, 1.807) is 28.8 Å². The number of rotatable bonds is 7. The highest BCUT2D eigenvalue weighted by Crippen LogP contribution is 2.21. The molecule has 1 aromatic carbocycles. The second-order valence-corrected chi connectivity index (χ2v) is 5.71. The Kier molecular flexibility index (Phi) is 5.98. The molecule has 0 saturated heterocycles. The highest BCUT2D eigenvalue weighted by atomic mass is 35.5. The average molecular weight is 351 g/mol. The van der Waals surface area contributed by atoms with Crippen LogP contribution in [0, 0.1) is 0 Å². The van der Waals surface area contributed by atoms with Gasteiger partial charge in [0.05, 0.1) is 12.7 Å². The third kappa shape index (κ3) is 3.94. The van der Waals surface area contributed by atoms with Crippen molar-refractivity contribution >= 4 is 23.5 Å². The Hall–Kier alpha value is -2.34. The first kappa shape index (κ1) is 18.0. The SMILES string of the molecule is CCCCc1nc(Cl)c(C(=O)O)n1Cc1ccc(C(=O)OC)cc1. The van der Waals surface area contributed by atoms with Gasteiger partial charge in [-0.2, -0.15) is 0 Å². The van der Waals surface area contributed by atoms with E-state index in [2.05, 4.69) is 16.6 Å². The number of methoxy groups -OCH3 is 1. The normalized spacial score (nSPS) is 10.6. The molecule has 0 atom stereocenters. The Morgan fingerprint density at radius 3 is 2.50 bits per heavy atom. The van der Waals surface area contributed by atoms with Crippen LogP contribution >= 0.6 is 11.6 Å². The fourth-order valence-electron chi connectivity index (χ4n) is 2.41. The topological polar surface area (TPSA) is 81.4 Å². The first-order valence-electron chi connectivity index (χ1n) is 7.63. The molecule has 0 aliphatic rings. The van der Waals surface area contributed by atoms with Crippen LogP contribution in [-0.4, -0.2) is 33.7 Å². The van der Waals surface area contributed by atoms with E-state index in [9.17, 15) is 14.7 Å². The van der Waals surface area contributed by atoms with Crippen LogP contribution in [0.2, 0.25) is 5.15 Å². The van der Waals surface area contributed by atoms with Crippen LogP contribution in [0.15, 0.2) is 24.3 Å². The van der Waals surface area contributed by atoms with Crippen molar-refractivity contribution in [3.8, 4) is 0 Å². The number of aromatic carboxylic acids is 1. The maximum Gasteiger partial charge on any atom is 0.355 e. The van der Waals surface area contributed by atoms with E-state index in [1.807, 2.05) is 0 Å². The van der Waals surface area contributed by atoms with Crippen molar-refractivity contribution in [1.29, 1.82) is 0 Å². The quantitative estimate of drug-likeness (QED) is 0.774. The van der Waals surface area contributed by atoms with Crippen LogP contribution in [0.4, 0.5) is 0 Å². The van der Waals surface area contributed by atoms with Crippen molar-refractivity contribution in [3.63, 3.8) is 0 Å². The largest absolute Gasteiger partial charge is 0.476 e. The fourth-order valence-corrected chi connectivity index (χ4v) is 2.69. The van der Waals surface area contributed by atoms with Gasteiger partial charge in [-0.1, -0.05) is 37.1 Å². The maximum atomic E-state index is 11.5. The zero-order valence-electron chi connectivity index (χ0n) is 13.6. The van der Waals surface area contributed by atoms with Gasteiger partial charge in [-0.3, -0.25) is 0 Å². The highest BCUT2D eigenvalue weighted by Gasteiger charge is 2.21. The van der Waals surface area contributed by atoms with Crippen LogP contribution in [0.3, 0.4) is 0 Å².